The third-order valence-electron chi connectivity index (χ3n) is 6.74. The lowest BCUT2D eigenvalue weighted by Crippen LogP contribution is -2.53. The first kappa shape index (κ1) is 22.7. The van der Waals surface area contributed by atoms with Crippen LogP contribution < -0.4 is 5.32 Å². The predicted octanol–water partition coefficient (Wildman–Crippen LogP) is 1.96. The summed E-state index contributed by atoms with van der Waals surface area (Å²) in [5.41, 5.74) is 1.16. The van der Waals surface area contributed by atoms with Crippen LogP contribution >= 0.6 is 0 Å². The lowest BCUT2D eigenvalue weighted by molar-refractivity contribution is -0.136. The van der Waals surface area contributed by atoms with Crippen LogP contribution in [0.4, 0.5) is 5.69 Å². The molecule has 0 unspecified atom stereocenters. The highest BCUT2D eigenvalue weighted by Crippen LogP contribution is 2.19. The molecule has 1 N–H and O–H groups in total. The molecule has 8 nitrogen and oxygen atoms in total. The number of piperazine rings is 1. The summed E-state index contributed by atoms with van der Waals surface area (Å²) in [6, 6.07) is 7.40. The van der Waals surface area contributed by atoms with Gasteiger partial charge in [-0.25, -0.2) is 0 Å². The van der Waals surface area contributed by atoms with E-state index in [1.807, 2.05) is 9.80 Å². The van der Waals surface area contributed by atoms with Gasteiger partial charge in [0, 0.05) is 56.6 Å². The number of amides is 3. The van der Waals surface area contributed by atoms with Gasteiger partial charge in [-0.15, -0.1) is 0 Å². The number of hydrogen-bond acceptors (Lipinski definition) is 5. The molecule has 0 aliphatic carbocycles. The molecule has 2 atom stereocenters. The zero-order valence-electron chi connectivity index (χ0n) is 18.9. The average Bonchev–Trinajstić information content (AvgIpc) is 3.35. The Balaban J connectivity index is 1.27. The Morgan fingerprint density at radius 1 is 1.03 bits per heavy atom. The molecule has 3 heterocycles. The lowest BCUT2D eigenvalue weighted by atomic mass is 10.0. The van der Waals surface area contributed by atoms with Crippen molar-refractivity contribution >= 4 is 23.4 Å². The van der Waals surface area contributed by atoms with Gasteiger partial charge in [-0.05, 0) is 57.2 Å². The molecule has 1 aromatic carbocycles. The van der Waals surface area contributed by atoms with Crippen molar-refractivity contribution in [3.63, 3.8) is 0 Å². The quantitative estimate of drug-likeness (QED) is 0.754. The van der Waals surface area contributed by atoms with Crippen LogP contribution in [0.25, 0.3) is 0 Å². The Bertz CT molecular complexity index is 831. The van der Waals surface area contributed by atoms with E-state index in [1.165, 1.54) is 6.42 Å². The van der Waals surface area contributed by atoms with Gasteiger partial charge in [-0.3, -0.25) is 19.3 Å². The largest absolute Gasteiger partial charge is 0.368 e. The molecule has 0 bridgehead atoms. The molecule has 8 heteroatoms. The van der Waals surface area contributed by atoms with Crippen LogP contribution in [0.15, 0.2) is 24.3 Å². The summed E-state index contributed by atoms with van der Waals surface area (Å²) in [6.45, 7) is 6.60. The number of nitrogens with one attached hydrogen (secondary N) is 1. The highest BCUT2D eigenvalue weighted by atomic mass is 16.5. The highest BCUT2D eigenvalue weighted by Gasteiger charge is 2.28. The molecule has 0 aromatic heterocycles. The van der Waals surface area contributed by atoms with Gasteiger partial charge in [0.15, 0.2) is 0 Å². The molecule has 4 rings (SSSR count). The third kappa shape index (κ3) is 5.48. The first-order valence-corrected chi connectivity index (χ1v) is 11.8. The van der Waals surface area contributed by atoms with Gasteiger partial charge >= 0.3 is 0 Å². The Kier molecular flexibility index (Phi) is 7.42. The van der Waals surface area contributed by atoms with E-state index in [0.717, 1.165) is 32.2 Å². The molecular formula is C24H34N4O4. The van der Waals surface area contributed by atoms with E-state index in [-0.39, 0.29) is 17.7 Å². The van der Waals surface area contributed by atoms with Crippen molar-refractivity contribution in [1.29, 1.82) is 0 Å². The van der Waals surface area contributed by atoms with E-state index >= 15 is 0 Å². The van der Waals surface area contributed by atoms with Crippen LogP contribution in [0.3, 0.4) is 0 Å². The van der Waals surface area contributed by atoms with Crippen molar-refractivity contribution in [2.45, 2.75) is 51.2 Å². The molecule has 3 saturated heterocycles. The fraction of sp³-hybridized carbons (Fsp3) is 0.625. The minimum absolute atomic E-state index is 0.0474. The van der Waals surface area contributed by atoms with Gasteiger partial charge in [0.25, 0.3) is 11.8 Å². The standard InChI is InChI=1S/C24H34N4O4/c1-18-6-2-3-10-28(18)22(29)17-26-11-13-27(14-12-26)24(31)19-7-4-8-20(16-19)25-23(30)21-9-5-15-32-21/h4,7-8,16,18,21H,2-3,5-6,9-15,17H2,1H3,(H,25,30)/t18-,21-/m0/s1. The molecule has 0 radical (unpaired) electrons. The molecule has 3 fully saturated rings. The summed E-state index contributed by atoms with van der Waals surface area (Å²) in [6.07, 6.45) is 4.59. The van der Waals surface area contributed by atoms with E-state index in [1.54, 1.807) is 24.3 Å². The zero-order chi connectivity index (χ0) is 22.5. The van der Waals surface area contributed by atoms with Crippen molar-refractivity contribution < 1.29 is 19.1 Å². The minimum Gasteiger partial charge on any atom is -0.368 e. The number of likely N-dealkylation sites (tertiary alicyclic amines) is 1. The van der Waals surface area contributed by atoms with Crippen LogP contribution in [-0.4, -0.2) is 90.4 Å². The van der Waals surface area contributed by atoms with Gasteiger partial charge in [-0.2, -0.15) is 0 Å². The van der Waals surface area contributed by atoms with Crippen LogP contribution in [0.1, 0.15) is 49.4 Å². The Morgan fingerprint density at radius 3 is 2.56 bits per heavy atom. The number of ether oxygens (including phenoxy) is 1. The normalized spacial score (nSPS) is 24.4. The van der Waals surface area contributed by atoms with Crippen LogP contribution in [0.2, 0.25) is 0 Å². The number of carbonyl (C=O) groups is 3. The van der Waals surface area contributed by atoms with Crippen molar-refractivity contribution in [3.8, 4) is 0 Å². The molecule has 3 aliphatic heterocycles. The summed E-state index contributed by atoms with van der Waals surface area (Å²) in [5.74, 6) is -0.00564. The van der Waals surface area contributed by atoms with Crippen molar-refractivity contribution in [3.05, 3.63) is 29.8 Å². The summed E-state index contributed by atoms with van der Waals surface area (Å²) >= 11 is 0. The molecular weight excluding hydrogens is 408 g/mol. The van der Waals surface area contributed by atoms with Crippen molar-refractivity contribution in [1.82, 2.24) is 14.7 Å². The highest BCUT2D eigenvalue weighted by molar-refractivity contribution is 5.98. The molecule has 3 amide bonds. The second-order valence-corrected chi connectivity index (χ2v) is 9.07. The predicted molar refractivity (Wildman–Crippen MR) is 121 cm³/mol. The van der Waals surface area contributed by atoms with Crippen LogP contribution in [-0.2, 0) is 14.3 Å². The molecule has 3 aliphatic rings. The summed E-state index contributed by atoms with van der Waals surface area (Å²) in [5, 5.41) is 2.86. The monoisotopic (exact) mass is 442 g/mol. The van der Waals surface area contributed by atoms with Gasteiger partial charge in [0.1, 0.15) is 6.10 Å². The molecule has 32 heavy (non-hydrogen) atoms. The van der Waals surface area contributed by atoms with Crippen molar-refractivity contribution in [2.24, 2.45) is 0 Å². The molecule has 174 valence electrons. The third-order valence-corrected chi connectivity index (χ3v) is 6.74. The van der Waals surface area contributed by atoms with E-state index in [0.29, 0.717) is 56.6 Å². The molecule has 0 saturated carbocycles. The Labute approximate surface area is 189 Å². The van der Waals surface area contributed by atoms with Gasteiger partial charge in [0.2, 0.25) is 5.91 Å². The number of anilines is 1. The van der Waals surface area contributed by atoms with E-state index < -0.39 is 6.10 Å². The Morgan fingerprint density at radius 2 is 1.84 bits per heavy atom. The average molecular weight is 443 g/mol. The number of piperidine rings is 1. The smallest absolute Gasteiger partial charge is 0.254 e. The minimum atomic E-state index is -0.405. The Hall–Kier alpha value is -2.45. The maximum absolute atomic E-state index is 13.0. The first-order chi connectivity index (χ1) is 15.5. The fourth-order valence-electron chi connectivity index (χ4n) is 4.78. The summed E-state index contributed by atoms with van der Waals surface area (Å²) < 4.78 is 5.42. The van der Waals surface area contributed by atoms with Crippen LogP contribution in [0, 0.1) is 0 Å². The van der Waals surface area contributed by atoms with E-state index in [4.69, 9.17) is 4.74 Å². The SMILES string of the molecule is C[C@H]1CCCCN1C(=O)CN1CCN(C(=O)c2cccc(NC(=O)[C@@H]3CCCO3)c2)CC1. The summed E-state index contributed by atoms with van der Waals surface area (Å²) in [4.78, 5) is 44.0. The van der Waals surface area contributed by atoms with Gasteiger partial charge in [0.05, 0.1) is 6.54 Å². The van der Waals surface area contributed by atoms with Crippen LogP contribution in [0.5, 0.6) is 0 Å². The maximum Gasteiger partial charge on any atom is 0.254 e. The molecule has 0 spiro atoms. The maximum atomic E-state index is 13.0. The molecule has 1 aromatic rings. The zero-order valence-corrected chi connectivity index (χ0v) is 18.9. The van der Waals surface area contributed by atoms with E-state index in [2.05, 4.69) is 17.1 Å². The fourth-order valence-corrected chi connectivity index (χ4v) is 4.78. The number of hydrogen-bond donors (Lipinski definition) is 1. The van der Waals surface area contributed by atoms with Gasteiger partial charge < -0.3 is 19.9 Å². The summed E-state index contributed by atoms with van der Waals surface area (Å²) in [7, 11) is 0. The number of benzene rings is 1. The number of rotatable bonds is 5. The second kappa shape index (κ2) is 10.4. The lowest BCUT2D eigenvalue weighted by Gasteiger charge is -2.38. The van der Waals surface area contributed by atoms with Crippen molar-refractivity contribution in [2.75, 3.05) is 51.2 Å². The van der Waals surface area contributed by atoms with E-state index in [9.17, 15) is 14.4 Å². The number of nitrogens with zero attached hydrogens (tertiary/aromatic N) is 3. The topological polar surface area (TPSA) is 82.2 Å². The number of carbonyl (C=O) groups excluding carboxylic acids is 3. The second-order valence-electron chi connectivity index (χ2n) is 9.07. The first-order valence-electron chi connectivity index (χ1n) is 11.8. The van der Waals surface area contributed by atoms with Gasteiger partial charge in [-0.1, -0.05) is 6.07 Å².